The molecule has 164 valence electrons. The molecule has 0 saturated carbocycles. The highest BCUT2D eigenvalue weighted by atomic mass is 35.5. The Morgan fingerprint density at radius 3 is 2.19 bits per heavy atom. The minimum absolute atomic E-state index is 0.248. The third-order valence-corrected chi connectivity index (χ3v) is 6.68. The van der Waals surface area contributed by atoms with Gasteiger partial charge in [0, 0.05) is 17.1 Å². The number of amides is 3. The highest BCUT2D eigenvalue weighted by molar-refractivity contribution is 7.92. The second kappa shape index (κ2) is 8.32. The number of Topliss-reactive ketones (excluding diaryl/α,β-unsaturated/α-hetero) is 1. The van der Waals surface area contributed by atoms with E-state index in [2.05, 4.69) is 5.32 Å². The van der Waals surface area contributed by atoms with Crippen LogP contribution in [0.4, 0.5) is 10.5 Å². The molecular weight excluding hydrogens is 442 g/mol. The first-order valence-electron chi connectivity index (χ1n) is 9.48. The van der Waals surface area contributed by atoms with Crippen molar-refractivity contribution in [3.8, 4) is 0 Å². The smallest absolute Gasteiger partial charge is 0.319 e. The van der Waals surface area contributed by atoms with Crippen molar-refractivity contribution in [3.63, 3.8) is 0 Å². The summed E-state index contributed by atoms with van der Waals surface area (Å²) < 4.78 is 24.9. The maximum atomic E-state index is 13.0. The Hall–Kier alpha value is -2.91. The van der Waals surface area contributed by atoms with Crippen LogP contribution in [0.2, 0.25) is 5.02 Å². The maximum absolute atomic E-state index is 13.0. The van der Waals surface area contributed by atoms with Crippen LogP contribution in [0, 0.1) is 0 Å². The number of imide groups is 1. The fraction of sp³-hybridized carbons (Fsp3) is 0.286. The molecule has 1 aliphatic rings. The number of hydrogen-bond acceptors (Lipinski definition) is 5. The van der Waals surface area contributed by atoms with Gasteiger partial charge in [-0.05, 0) is 55.8 Å². The number of benzene rings is 2. The molecule has 1 saturated heterocycles. The molecule has 0 unspecified atom stereocenters. The van der Waals surface area contributed by atoms with Crippen LogP contribution in [-0.2, 0) is 20.4 Å². The number of anilines is 1. The number of ketones is 1. The van der Waals surface area contributed by atoms with E-state index in [-0.39, 0.29) is 12.1 Å². The lowest BCUT2D eigenvalue weighted by Crippen LogP contribution is -2.41. The summed E-state index contributed by atoms with van der Waals surface area (Å²) in [5.41, 5.74) is -0.0704. The third-order valence-electron chi connectivity index (χ3n) is 5.16. The molecule has 8 nitrogen and oxygen atoms in total. The van der Waals surface area contributed by atoms with Crippen LogP contribution in [-0.4, -0.2) is 50.4 Å². The van der Waals surface area contributed by atoms with Gasteiger partial charge in [0.25, 0.3) is 5.91 Å². The molecule has 3 amide bonds. The van der Waals surface area contributed by atoms with Crippen molar-refractivity contribution in [2.45, 2.75) is 19.4 Å². The summed E-state index contributed by atoms with van der Waals surface area (Å²) in [6.45, 7) is 3.09. The normalized spacial score (nSPS) is 18.8. The molecule has 1 heterocycles. The predicted octanol–water partition coefficient (Wildman–Crippen LogP) is 2.78. The average Bonchev–Trinajstić information content (AvgIpc) is 2.92. The fourth-order valence-electron chi connectivity index (χ4n) is 3.48. The van der Waals surface area contributed by atoms with Crippen LogP contribution >= 0.6 is 11.6 Å². The van der Waals surface area contributed by atoms with E-state index in [4.69, 9.17) is 11.6 Å². The Morgan fingerprint density at radius 2 is 1.68 bits per heavy atom. The summed E-state index contributed by atoms with van der Waals surface area (Å²) >= 11 is 5.90. The minimum Gasteiger partial charge on any atom is -0.319 e. The summed E-state index contributed by atoms with van der Waals surface area (Å²) in [7, 11) is -3.44. The number of hydrogen-bond donors (Lipinski definition) is 1. The predicted molar refractivity (Wildman–Crippen MR) is 118 cm³/mol. The minimum atomic E-state index is -3.44. The number of carbonyl (C=O) groups is 3. The van der Waals surface area contributed by atoms with Crippen LogP contribution in [0.15, 0.2) is 48.5 Å². The summed E-state index contributed by atoms with van der Waals surface area (Å²) in [6, 6.07) is 11.8. The zero-order chi connectivity index (χ0) is 23.0. The molecule has 1 atom stereocenters. The van der Waals surface area contributed by atoms with E-state index >= 15 is 0 Å². The first kappa shape index (κ1) is 22.8. The third kappa shape index (κ3) is 4.42. The number of nitrogens with one attached hydrogen (secondary N) is 1. The Kier molecular flexibility index (Phi) is 6.11. The molecule has 0 radical (unpaired) electrons. The largest absolute Gasteiger partial charge is 0.325 e. The second-order valence-corrected chi connectivity index (χ2v) is 9.69. The lowest BCUT2D eigenvalue weighted by Gasteiger charge is -2.22. The Balaban J connectivity index is 1.78. The Bertz CT molecular complexity index is 1130. The van der Waals surface area contributed by atoms with E-state index in [9.17, 15) is 22.8 Å². The number of nitrogens with zero attached hydrogens (tertiary/aromatic N) is 2. The molecule has 1 N–H and O–H groups in total. The standard InChI is InChI=1S/C21H22ClN3O5S/c1-4-25(31(3,29)30)17-11-5-14(6-12-17)18(26)13-24-19(27)21(2,23-20(24)28)15-7-9-16(22)10-8-15/h5-12H,4,13H2,1-3H3,(H,23,28)/t21-/m1/s1. The molecule has 0 bridgehead atoms. The SMILES string of the molecule is CCN(c1ccc(C(=O)CN2C(=O)N[C@](C)(c3ccc(Cl)cc3)C2=O)cc1)S(C)(=O)=O. The summed E-state index contributed by atoms with van der Waals surface area (Å²) in [4.78, 5) is 39.0. The van der Waals surface area contributed by atoms with Gasteiger partial charge in [-0.25, -0.2) is 13.2 Å². The zero-order valence-corrected chi connectivity index (χ0v) is 18.8. The highest BCUT2D eigenvalue weighted by Gasteiger charge is 2.49. The van der Waals surface area contributed by atoms with Crippen molar-refractivity contribution in [3.05, 3.63) is 64.7 Å². The van der Waals surface area contributed by atoms with Gasteiger partial charge in [-0.2, -0.15) is 0 Å². The van der Waals surface area contributed by atoms with Crippen LogP contribution in [0.25, 0.3) is 0 Å². The van der Waals surface area contributed by atoms with Crippen molar-refractivity contribution in [2.75, 3.05) is 23.7 Å². The summed E-state index contributed by atoms with van der Waals surface area (Å²) in [5, 5.41) is 3.14. The highest BCUT2D eigenvalue weighted by Crippen LogP contribution is 2.30. The topological polar surface area (TPSA) is 104 Å². The lowest BCUT2D eigenvalue weighted by atomic mass is 9.92. The second-order valence-electron chi connectivity index (χ2n) is 7.35. The lowest BCUT2D eigenvalue weighted by molar-refractivity contribution is -0.130. The molecule has 0 aliphatic carbocycles. The molecule has 31 heavy (non-hydrogen) atoms. The molecule has 0 aromatic heterocycles. The Morgan fingerprint density at radius 1 is 1.10 bits per heavy atom. The van der Waals surface area contributed by atoms with Gasteiger partial charge in [0.1, 0.15) is 5.54 Å². The van der Waals surface area contributed by atoms with E-state index in [1.54, 1.807) is 38.1 Å². The van der Waals surface area contributed by atoms with Crippen LogP contribution in [0.3, 0.4) is 0 Å². The van der Waals surface area contributed by atoms with E-state index in [1.807, 2.05) is 0 Å². The van der Waals surface area contributed by atoms with Gasteiger partial charge >= 0.3 is 6.03 Å². The maximum Gasteiger partial charge on any atom is 0.325 e. The van der Waals surface area contributed by atoms with Gasteiger partial charge in [-0.15, -0.1) is 0 Å². The molecule has 1 aliphatic heterocycles. The van der Waals surface area contributed by atoms with Crippen molar-refractivity contribution in [1.29, 1.82) is 0 Å². The molecular formula is C21H22ClN3O5S. The van der Waals surface area contributed by atoms with Gasteiger partial charge in [0.05, 0.1) is 18.5 Å². The summed E-state index contributed by atoms with van der Waals surface area (Å²) in [5.74, 6) is -0.989. The van der Waals surface area contributed by atoms with Gasteiger partial charge < -0.3 is 5.32 Å². The Labute approximate surface area is 185 Å². The summed E-state index contributed by atoms with van der Waals surface area (Å²) in [6.07, 6.45) is 1.10. The molecule has 0 spiro atoms. The van der Waals surface area contributed by atoms with Gasteiger partial charge in [-0.1, -0.05) is 23.7 Å². The number of rotatable bonds is 7. The number of halogens is 1. The van der Waals surface area contributed by atoms with E-state index < -0.39 is 39.8 Å². The van der Waals surface area contributed by atoms with E-state index in [0.717, 1.165) is 11.2 Å². The molecule has 3 rings (SSSR count). The van der Waals surface area contributed by atoms with Crippen LogP contribution < -0.4 is 9.62 Å². The molecule has 2 aromatic carbocycles. The monoisotopic (exact) mass is 463 g/mol. The van der Waals surface area contributed by atoms with Crippen LogP contribution in [0.1, 0.15) is 29.8 Å². The van der Waals surface area contributed by atoms with Gasteiger partial charge in [0.15, 0.2) is 5.78 Å². The first-order chi connectivity index (χ1) is 14.5. The number of carbonyl (C=O) groups excluding carboxylic acids is 3. The number of urea groups is 1. The number of sulfonamides is 1. The molecule has 10 heteroatoms. The van der Waals surface area contributed by atoms with Crippen molar-refractivity contribution < 1.29 is 22.8 Å². The van der Waals surface area contributed by atoms with Crippen molar-refractivity contribution >= 4 is 45.0 Å². The quantitative estimate of drug-likeness (QED) is 0.502. The average molecular weight is 464 g/mol. The fourth-order valence-corrected chi connectivity index (χ4v) is 4.58. The molecule has 2 aromatic rings. The van der Waals surface area contributed by atoms with E-state index in [0.29, 0.717) is 16.3 Å². The van der Waals surface area contributed by atoms with Gasteiger partial charge in [-0.3, -0.25) is 18.8 Å². The van der Waals surface area contributed by atoms with Gasteiger partial charge in [0.2, 0.25) is 10.0 Å². The van der Waals surface area contributed by atoms with E-state index in [1.165, 1.54) is 28.6 Å². The molecule has 1 fully saturated rings. The first-order valence-corrected chi connectivity index (χ1v) is 11.7. The zero-order valence-electron chi connectivity index (χ0n) is 17.3. The van der Waals surface area contributed by atoms with Crippen molar-refractivity contribution in [1.82, 2.24) is 10.2 Å². The van der Waals surface area contributed by atoms with Crippen LogP contribution in [0.5, 0.6) is 0 Å². The van der Waals surface area contributed by atoms with Crippen molar-refractivity contribution in [2.24, 2.45) is 0 Å².